The van der Waals surface area contributed by atoms with Crippen LogP contribution in [0.3, 0.4) is 0 Å². The molecular formula is C48H30N2O. The molecule has 0 atom stereocenters. The number of hydrogen-bond acceptors (Lipinski definition) is 1. The number of benzene rings is 8. The van der Waals surface area contributed by atoms with Gasteiger partial charge in [0, 0.05) is 49.3 Å². The standard InChI is InChI=1S/C48H30N2O/c1-3-12-34(13-4-1)49-43-20-9-7-16-37(43)40-28-31(22-25-45(40)49)32-24-27-47-42(29-32)39-19-11-18-36(48(39)51-47)33-23-26-46-41(30-33)38-17-8-10-21-44(38)50(46)35-14-5-2-6-15-35/h1-30H. The minimum absolute atomic E-state index is 0.893. The van der Waals surface area contributed by atoms with Gasteiger partial charge in [0.1, 0.15) is 11.2 Å². The molecule has 51 heavy (non-hydrogen) atoms. The molecule has 238 valence electrons. The van der Waals surface area contributed by atoms with Crippen LogP contribution in [0.2, 0.25) is 0 Å². The molecule has 3 heteroatoms. The van der Waals surface area contributed by atoms with E-state index >= 15 is 0 Å². The molecule has 3 heterocycles. The van der Waals surface area contributed by atoms with Crippen molar-refractivity contribution < 1.29 is 4.42 Å². The summed E-state index contributed by atoms with van der Waals surface area (Å²) in [6.07, 6.45) is 0. The fraction of sp³-hybridized carbons (Fsp3) is 0. The summed E-state index contributed by atoms with van der Waals surface area (Å²) >= 11 is 0. The van der Waals surface area contributed by atoms with Crippen molar-refractivity contribution in [2.45, 2.75) is 0 Å². The third-order valence-electron chi connectivity index (χ3n) is 10.5. The zero-order chi connectivity index (χ0) is 33.5. The Bertz CT molecular complexity index is 3130. The predicted octanol–water partition coefficient (Wildman–Crippen LogP) is 13.1. The van der Waals surface area contributed by atoms with Crippen LogP contribution < -0.4 is 0 Å². The van der Waals surface area contributed by atoms with Crippen LogP contribution in [-0.4, -0.2) is 9.13 Å². The SMILES string of the molecule is c1ccc(-n2c3ccccc3c3cc(-c4ccc5oc6c(-c7ccc8c(c7)c7ccccc7n8-c7ccccc7)cccc6c5c4)ccc32)cc1. The van der Waals surface area contributed by atoms with E-state index in [9.17, 15) is 0 Å². The number of aromatic nitrogens is 2. The first-order chi connectivity index (χ1) is 25.3. The van der Waals surface area contributed by atoms with Gasteiger partial charge >= 0.3 is 0 Å². The highest BCUT2D eigenvalue weighted by atomic mass is 16.3. The Morgan fingerprint density at radius 1 is 0.314 bits per heavy atom. The Hall–Kier alpha value is -6.84. The second kappa shape index (κ2) is 10.8. The van der Waals surface area contributed by atoms with E-state index < -0.39 is 0 Å². The molecule has 0 saturated heterocycles. The average molecular weight is 651 g/mol. The molecule has 0 aliphatic rings. The minimum atomic E-state index is 0.893. The Morgan fingerprint density at radius 2 is 0.784 bits per heavy atom. The van der Waals surface area contributed by atoms with Gasteiger partial charge in [0.15, 0.2) is 0 Å². The van der Waals surface area contributed by atoms with E-state index in [4.69, 9.17) is 4.42 Å². The summed E-state index contributed by atoms with van der Waals surface area (Å²) in [6, 6.07) is 65.4. The number of nitrogens with zero attached hydrogens (tertiary/aromatic N) is 2. The molecule has 0 bridgehead atoms. The zero-order valence-corrected chi connectivity index (χ0v) is 27.6. The molecular weight excluding hydrogens is 621 g/mol. The number of hydrogen-bond donors (Lipinski definition) is 0. The molecule has 0 unspecified atom stereocenters. The number of fused-ring (bicyclic) bond motifs is 9. The van der Waals surface area contributed by atoms with Gasteiger partial charge in [0.2, 0.25) is 0 Å². The average Bonchev–Trinajstić information content (AvgIpc) is 3.85. The first kappa shape index (κ1) is 28.0. The van der Waals surface area contributed by atoms with Gasteiger partial charge in [-0.2, -0.15) is 0 Å². The van der Waals surface area contributed by atoms with Crippen LogP contribution in [0.25, 0.3) is 99.2 Å². The molecule has 0 radical (unpaired) electrons. The molecule has 0 spiro atoms. The highest BCUT2D eigenvalue weighted by molar-refractivity contribution is 6.14. The van der Waals surface area contributed by atoms with Crippen LogP contribution in [0, 0.1) is 0 Å². The largest absolute Gasteiger partial charge is 0.455 e. The van der Waals surface area contributed by atoms with Crippen LogP contribution in [0.15, 0.2) is 186 Å². The summed E-state index contributed by atoms with van der Waals surface area (Å²) < 4.78 is 11.4. The third kappa shape index (κ3) is 4.19. The Kier molecular flexibility index (Phi) is 5.96. The van der Waals surface area contributed by atoms with Crippen LogP contribution in [0.4, 0.5) is 0 Å². The first-order valence-electron chi connectivity index (χ1n) is 17.4. The molecule has 0 N–H and O–H groups in total. The second-order valence-electron chi connectivity index (χ2n) is 13.3. The fourth-order valence-corrected chi connectivity index (χ4v) is 8.21. The van der Waals surface area contributed by atoms with Gasteiger partial charge in [-0.15, -0.1) is 0 Å². The van der Waals surface area contributed by atoms with Crippen molar-refractivity contribution in [3.8, 4) is 33.6 Å². The lowest BCUT2D eigenvalue weighted by atomic mass is 9.98. The van der Waals surface area contributed by atoms with Crippen molar-refractivity contribution in [3.05, 3.63) is 182 Å². The van der Waals surface area contributed by atoms with Gasteiger partial charge in [-0.05, 0) is 89.5 Å². The molecule has 3 nitrogen and oxygen atoms in total. The topological polar surface area (TPSA) is 23.0 Å². The molecule has 3 aromatic heterocycles. The van der Waals surface area contributed by atoms with E-state index in [0.29, 0.717) is 0 Å². The van der Waals surface area contributed by atoms with Gasteiger partial charge in [-0.25, -0.2) is 0 Å². The molecule has 11 aromatic rings. The maximum Gasteiger partial charge on any atom is 0.143 e. The van der Waals surface area contributed by atoms with Crippen molar-refractivity contribution in [3.63, 3.8) is 0 Å². The van der Waals surface area contributed by atoms with Gasteiger partial charge < -0.3 is 13.6 Å². The van der Waals surface area contributed by atoms with Crippen molar-refractivity contribution >= 4 is 65.6 Å². The van der Waals surface area contributed by atoms with Crippen molar-refractivity contribution in [1.29, 1.82) is 0 Å². The van der Waals surface area contributed by atoms with Crippen molar-refractivity contribution in [1.82, 2.24) is 9.13 Å². The van der Waals surface area contributed by atoms with Gasteiger partial charge in [-0.1, -0.05) is 109 Å². The van der Waals surface area contributed by atoms with Crippen LogP contribution in [0.1, 0.15) is 0 Å². The Labute approximate surface area is 293 Å². The van der Waals surface area contributed by atoms with E-state index in [1.54, 1.807) is 0 Å². The van der Waals surface area contributed by atoms with Crippen molar-refractivity contribution in [2.24, 2.45) is 0 Å². The van der Waals surface area contributed by atoms with Gasteiger partial charge in [0.05, 0.1) is 22.1 Å². The molecule has 0 amide bonds. The quantitative estimate of drug-likeness (QED) is 0.186. The zero-order valence-electron chi connectivity index (χ0n) is 27.6. The Morgan fingerprint density at radius 3 is 1.41 bits per heavy atom. The minimum Gasteiger partial charge on any atom is -0.455 e. The highest BCUT2D eigenvalue weighted by Crippen LogP contribution is 2.41. The normalized spacial score (nSPS) is 11.9. The van der Waals surface area contributed by atoms with Gasteiger partial charge in [0.25, 0.3) is 0 Å². The third-order valence-corrected chi connectivity index (χ3v) is 10.5. The lowest BCUT2D eigenvalue weighted by molar-refractivity contribution is 0.670. The summed E-state index contributed by atoms with van der Waals surface area (Å²) in [6.45, 7) is 0. The summed E-state index contributed by atoms with van der Waals surface area (Å²) in [4.78, 5) is 0. The van der Waals surface area contributed by atoms with E-state index in [1.807, 2.05) is 0 Å². The number of rotatable bonds is 4. The highest BCUT2D eigenvalue weighted by Gasteiger charge is 2.18. The number of para-hydroxylation sites is 5. The number of furan rings is 1. The molecule has 8 aromatic carbocycles. The van der Waals surface area contributed by atoms with Crippen LogP contribution in [0.5, 0.6) is 0 Å². The van der Waals surface area contributed by atoms with E-state index in [1.165, 1.54) is 60.4 Å². The van der Waals surface area contributed by atoms with E-state index in [2.05, 4.69) is 191 Å². The molecule has 11 rings (SSSR count). The monoisotopic (exact) mass is 650 g/mol. The predicted molar refractivity (Wildman–Crippen MR) is 213 cm³/mol. The van der Waals surface area contributed by atoms with E-state index in [0.717, 1.165) is 38.8 Å². The smallest absolute Gasteiger partial charge is 0.143 e. The second-order valence-corrected chi connectivity index (χ2v) is 13.3. The van der Waals surface area contributed by atoms with Crippen LogP contribution >= 0.6 is 0 Å². The van der Waals surface area contributed by atoms with E-state index in [-0.39, 0.29) is 0 Å². The Balaban J connectivity index is 1.06. The molecule has 0 fully saturated rings. The lowest BCUT2D eigenvalue weighted by Gasteiger charge is -2.08. The fourth-order valence-electron chi connectivity index (χ4n) is 8.21. The van der Waals surface area contributed by atoms with Crippen molar-refractivity contribution in [2.75, 3.05) is 0 Å². The summed E-state index contributed by atoms with van der Waals surface area (Å²) in [7, 11) is 0. The summed E-state index contributed by atoms with van der Waals surface area (Å²) in [5.74, 6) is 0. The molecule has 0 aliphatic heterocycles. The maximum absolute atomic E-state index is 6.67. The molecule has 0 saturated carbocycles. The lowest BCUT2D eigenvalue weighted by Crippen LogP contribution is -1.92. The maximum atomic E-state index is 6.67. The summed E-state index contributed by atoms with van der Waals surface area (Å²) in [5.41, 5.74) is 13.5. The molecule has 0 aliphatic carbocycles. The first-order valence-corrected chi connectivity index (χ1v) is 17.4. The van der Waals surface area contributed by atoms with Crippen LogP contribution in [-0.2, 0) is 0 Å². The summed E-state index contributed by atoms with van der Waals surface area (Å²) in [5, 5.41) is 7.21. The van der Waals surface area contributed by atoms with Gasteiger partial charge in [-0.3, -0.25) is 0 Å².